The van der Waals surface area contributed by atoms with E-state index in [0.717, 1.165) is 16.7 Å². The Bertz CT molecular complexity index is 1280. The number of non-ortho nitro benzene ring substituents is 1. The molecule has 3 rings (SSSR count). The number of fused-ring (bicyclic) bond motifs is 1. The van der Waals surface area contributed by atoms with E-state index in [-0.39, 0.29) is 35.6 Å². The molecular weight excluding hydrogens is 449 g/mol. The number of anilines is 1. The van der Waals surface area contributed by atoms with Crippen molar-refractivity contribution in [1.82, 2.24) is 9.47 Å². The van der Waals surface area contributed by atoms with E-state index in [2.05, 4.69) is 5.32 Å². The molecule has 13 heteroatoms. The summed E-state index contributed by atoms with van der Waals surface area (Å²) in [6.07, 6.45) is -5.00. The van der Waals surface area contributed by atoms with E-state index in [4.69, 9.17) is 4.42 Å². The molecule has 0 saturated carbocycles. The van der Waals surface area contributed by atoms with Crippen molar-refractivity contribution in [2.75, 3.05) is 11.9 Å². The highest BCUT2D eigenvalue weighted by atomic mass is 19.4. The van der Waals surface area contributed by atoms with Crippen LogP contribution in [-0.4, -0.2) is 38.9 Å². The molecule has 1 heterocycles. The predicted molar refractivity (Wildman–Crippen MR) is 109 cm³/mol. The maximum Gasteiger partial charge on any atom is 0.471 e. The number of amides is 2. The number of nitro benzene ring substituents is 1. The number of oxazole rings is 1. The molecule has 0 unspecified atom stereocenters. The minimum atomic E-state index is -5.00. The number of rotatable bonds is 7. The maximum absolute atomic E-state index is 12.7. The summed E-state index contributed by atoms with van der Waals surface area (Å²) in [6, 6.07) is 9.40. The van der Waals surface area contributed by atoms with Gasteiger partial charge in [-0.05, 0) is 30.7 Å². The van der Waals surface area contributed by atoms with Crippen molar-refractivity contribution < 1.29 is 32.1 Å². The Morgan fingerprint density at radius 3 is 2.58 bits per heavy atom. The Balaban J connectivity index is 1.74. The van der Waals surface area contributed by atoms with Crippen LogP contribution in [0.2, 0.25) is 0 Å². The summed E-state index contributed by atoms with van der Waals surface area (Å²) in [4.78, 5) is 46.8. The third-order valence-electron chi connectivity index (χ3n) is 4.66. The summed E-state index contributed by atoms with van der Waals surface area (Å²) in [7, 11) is 0. The van der Waals surface area contributed by atoms with Gasteiger partial charge in [0.05, 0.1) is 16.5 Å². The third kappa shape index (κ3) is 5.37. The van der Waals surface area contributed by atoms with E-state index in [1.165, 1.54) is 37.3 Å². The molecule has 0 aliphatic rings. The molecule has 2 amide bonds. The summed E-state index contributed by atoms with van der Waals surface area (Å²) >= 11 is 0. The van der Waals surface area contributed by atoms with E-state index in [0.29, 0.717) is 10.5 Å². The molecule has 0 fully saturated rings. The molecule has 0 bridgehead atoms. The second-order valence-corrected chi connectivity index (χ2v) is 6.93. The van der Waals surface area contributed by atoms with Crippen molar-refractivity contribution in [3.63, 3.8) is 0 Å². The average Bonchev–Trinajstić information content (AvgIpc) is 3.05. The first kappa shape index (κ1) is 23.5. The lowest BCUT2D eigenvalue weighted by molar-refractivity contribution is -0.384. The summed E-state index contributed by atoms with van der Waals surface area (Å²) in [5.74, 6) is -3.50. The van der Waals surface area contributed by atoms with Gasteiger partial charge in [0.1, 0.15) is 6.54 Å². The number of hydrogen-bond donors (Lipinski definition) is 1. The molecule has 10 nitrogen and oxygen atoms in total. The third-order valence-corrected chi connectivity index (χ3v) is 4.66. The van der Waals surface area contributed by atoms with Gasteiger partial charge >= 0.3 is 17.8 Å². The van der Waals surface area contributed by atoms with Gasteiger partial charge in [0, 0.05) is 24.8 Å². The highest BCUT2D eigenvalue weighted by molar-refractivity contribution is 5.91. The normalized spacial score (nSPS) is 11.4. The number of benzene rings is 2. The molecule has 0 aliphatic heterocycles. The van der Waals surface area contributed by atoms with Gasteiger partial charge in [-0.25, -0.2) is 4.79 Å². The number of halogens is 3. The molecule has 2 aromatic carbocycles. The summed E-state index contributed by atoms with van der Waals surface area (Å²) in [6.45, 7) is 0.463. The first-order chi connectivity index (χ1) is 15.5. The number of nitrogens with zero attached hydrogens (tertiary/aromatic N) is 3. The minimum absolute atomic E-state index is 0.0574. The molecule has 174 valence electrons. The standard InChI is InChI=1S/C20H17F3N4O6/c1-2-25(18(29)20(21,22)23)10-12-4-3-5-13(8-12)24-17(28)11-26-15-7-6-14(27(31)32)9-16(15)33-19(26)30/h3-9H,2,10-11H2,1H3,(H,24,28). The van der Waals surface area contributed by atoms with Gasteiger partial charge in [0.15, 0.2) is 5.58 Å². The topological polar surface area (TPSA) is 128 Å². The minimum Gasteiger partial charge on any atom is -0.407 e. The first-order valence-electron chi connectivity index (χ1n) is 9.52. The van der Waals surface area contributed by atoms with Gasteiger partial charge in [-0.3, -0.25) is 24.3 Å². The van der Waals surface area contributed by atoms with Crippen LogP contribution in [-0.2, 0) is 22.7 Å². The van der Waals surface area contributed by atoms with Crippen LogP contribution in [0.3, 0.4) is 0 Å². The summed E-state index contributed by atoms with van der Waals surface area (Å²) in [5.41, 5.74) is 0.432. The number of nitro groups is 1. The summed E-state index contributed by atoms with van der Waals surface area (Å²) < 4.78 is 44.1. The number of carbonyl (C=O) groups excluding carboxylic acids is 2. The lowest BCUT2D eigenvalue weighted by Gasteiger charge is -2.22. The van der Waals surface area contributed by atoms with Gasteiger partial charge in [-0.1, -0.05) is 12.1 Å². The van der Waals surface area contributed by atoms with Crippen LogP contribution < -0.4 is 11.1 Å². The van der Waals surface area contributed by atoms with Crippen LogP contribution in [0.15, 0.2) is 51.7 Å². The largest absolute Gasteiger partial charge is 0.471 e. The monoisotopic (exact) mass is 466 g/mol. The Kier molecular flexibility index (Phi) is 6.51. The van der Waals surface area contributed by atoms with Crippen molar-refractivity contribution in [2.45, 2.75) is 26.2 Å². The van der Waals surface area contributed by atoms with Gasteiger partial charge < -0.3 is 14.6 Å². The second-order valence-electron chi connectivity index (χ2n) is 6.93. The lowest BCUT2D eigenvalue weighted by atomic mass is 10.2. The molecule has 3 aromatic rings. The molecule has 0 spiro atoms. The predicted octanol–water partition coefficient (Wildman–Crippen LogP) is 3.05. The summed E-state index contributed by atoms with van der Waals surface area (Å²) in [5, 5.41) is 13.4. The SMILES string of the molecule is CCN(Cc1cccc(NC(=O)Cn2c(=O)oc3cc([N+](=O)[O-])ccc32)c1)C(=O)C(F)(F)F. The van der Waals surface area contributed by atoms with E-state index in [1.54, 1.807) is 0 Å². The van der Waals surface area contributed by atoms with Crippen molar-refractivity contribution >= 4 is 34.3 Å². The molecule has 1 aromatic heterocycles. The van der Waals surface area contributed by atoms with E-state index in [9.17, 15) is 37.7 Å². The number of carbonyl (C=O) groups is 2. The van der Waals surface area contributed by atoms with Gasteiger partial charge in [0.25, 0.3) is 5.69 Å². The molecule has 0 atom stereocenters. The van der Waals surface area contributed by atoms with Gasteiger partial charge in [0.2, 0.25) is 5.91 Å². The van der Waals surface area contributed by atoms with Crippen molar-refractivity contribution in [2.24, 2.45) is 0 Å². The zero-order chi connectivity index (χ0) is 24.3. The van der Waals surface area contributed by atoms with Crippen LogP contribution in [0.25, 0.3) is 11.1 Å². The van der Waals surface area contributed by atoms with Crippen molar-refractivity contribution in [1.29, 1.82) is 0 Å². The van der Waals surface area contributed by atoms with E-state index >= 15 is 0 Å². The van der Waals surface area contributed by atoms with Crippen molar-refractivity contribution in [3.05, 3.63) is 68.7 Å². The van der Waals surface area contributed by atoms with Crippen LogP contribution in [0.1, 0.15) is 12.5 Å². The second kappa shape index (κ2) is 9.14. The van der Waals surface area contributed by atoms with Crippen LogP contribution in [0.5, 0.6) is 0 Å². The number of aromatic nitrogens is 1. The molecule has 0 radical (unpaired) electrons. The Morgan fingerprint density at radius 1 is 1.21 bits per heavy atom. The van der Waals surface area contributed by atoms with Crippen LogP contribution in [0, 0.1) is 10.1 Å². The molecule has 0 saturated heterocycles. The Morgan fingerprint density at radius 2 is 1.94 bits per heavy atom. The quantitative estimate of drug-likeness (QED) is 0.421. The smallest absolute Gasteiger partial charge is 0.407 e. The Hall–Kier alpha value is -4.16. The average molecular weight is 466 g/mol. The van der Waals surface area contributed by atoms with Gasteiger partial charge in [-0.2, -0.15) is 13.2 Å². The number of hydrogen-bond acceptors (Lipinski definition) is 6. The lowest BCUT2D eigenvalue weighted by Crippen LogP contribution is -2.40. The fraction of sp³-hybridized carbons (Fsp3) is 0.250. The highest BCUT2D eigenvalue weighted by Crippen LogP contribution is 2.22. The highest BCUT2D eigenvalue weighted by Gasteiger charge is 2.41. The fourth-order valence-electron chi connectivity index (χ4n) is 3.14. The molecular formula is C20H17F3N4O6. The van der Waals surface area contributed by atoms with Gasteiger partial charge in [-0.15, -0.1) is 0 Å². The maximum atomic E-state index is 12.7. The molecule has 33 heavy (non-hydrogen) atoms. The van der Waals surface area contributed by atoms with Crippen LogP contribution >= 0.6 is 0 Å². The zero-order valence-corrected chi connectivity index (χ0v) is 17.1. The fourth-order valence-corrected chi connectivity index (χ4v) is 3.14. The number of alkyl halides is 3. The van der Waals surface area contributed by atoms with Crippen molar-refractivity contribution in [3.8, 4) is 0 Å². The Labute approximate surface area is 183 Å². The van der Waals surface area contributed by atoms with E-state index in [1.807, 2.05) is 0 Å². The number of nitrogens with one attached hydrogen (secondary N) is 1. The molecule has 1 N–H and O–H groups in total. The van der Waals surface area contributed by atoms with E-state index < -0.39 is 35.2 Å². The first-order valence-corrected chi connectivity index (χ1v) is 9.52. The zero-order valence-electron chi connectivity index (χ0n) is 17.1. The van der Waals surface area contributed by atoms with Crippen LogP contribution in [0.4, 0.5) is 24.5 Å². The molecule has 0 aliphatic carbocycles.